The molecule has 0 aromatic rings. The fourth-order valence-corrected chi connectivity index (χ4v) is 3.70. The highest BCUT2D eigenvalue weighted by Gasteiger charge is 2.34. The minimum atomic E-state index is -0.0983. The molecule has 0 aromatic carbocycles. The molecule has 2 aliphatic rings. The molecule has 0 radical (unpaired) electrons. The summed E-state index contributed by atoms with van der Waals surface area (Å²) < 4.78 is 0. The van der Waals surface area contributed by atoms with Crippen molar-refractivity contribution in [2.24, 2.45) is 5.73 Å². The molecule has 0 spiro atoms. The fourth-order valence-electron chi connectivity index (χ4n) is 2.75. The van der Waals surface area contributed by atoms with E-state index >= 15 is 0 Å². The van der Waals surface area contributed by atoms with Crippen LogP contribution in [0.5, 0.6) is 0 Å². The topological polar surface area (TPSA) is 67.1 Å². The van der Waals surface area contributed by atoms with E-state index in [1.165, 1.54) is 12.8 Å². The zero-order valence-corrected chi connectivity index (χ0v) is 11.2. The normalized spacial score (nSPS) is 27.9. The molecule has 5 heteroatoms. The quantitative estimate of drug-likeness (QED) is 0.685. The molecule has 1 amide bonds. The molecule has 4 nitrogen and oxygen atoms in total. The van der Waals surface area contributed by atoms with Gasteiger partial charge in [-0.25, -0.2) is 0 Å². The van der Waals surface area contributed by atoms with Crippen LogP contribution in [-0.2, 0) is 4.79 Å². The first-order valence-corrected chi connectivity index (χ1v) is 7.72. The lowest BCUT2D eigenvalue weighted by Crippen LogP contribution is -2.53. The van der Waals surface area contributed by atoms with E-state index < -0.39 is 0 Å². The van der Waals surface area contributed by atoms with Crippen LogP contribution in [0, 0.1) is 0 Å². The third-order valence-electron chi connectivity index (χ3n) is 3.79. The lowest BCUT2D eigenvalue weighted by atomic mass is 9.97. The van der Waals surface area contributed by atoms with E-state index in [1.807, 2.05) is 11.8 Å². The predicted octanol–water partition coefficient (Wildman–Crippen LogP) is 0.469. The van der Waals surface area contributed by atoms with Gasteiger partial charge in [0.15, 0.2) is 0 Å². The Kier molecular flexibility index (Phi) is 4.70. The van der Waals surface area contributed by atoms with Crippen molar-refractivity contribution >= 4 is 17.7 Å². The number of carbonyl (C=O) groups is 1. The second-order valence-corrected chi connectivity index (χ2v) is 6.32. The Morgan fingerprint density at radius 2 is 2.24 bits per heavy atom. The average molecular weight is 257 g/mol. The van der Waals surface area contributed by atoms with Gasteiger partial charge in [0.05, 0.1) is 5.54 Å². The fraction of sp³-hybridized carbons (Fsp3) is 0.917. The van der Waals surface area contributed by atoms with Crippen molar-refractivity contribution in [3.05, 3.63) is 0 Å². The molecule has 1 atom stereocenters. The zero-order chi connectivity index (χ0) is 12.1. The Morgan fingerprint density at radius 3 is 2.82 bits per heavy atom. The van der Waals surface area contributed by atoms with E-state index in [4.69, 9.17) is 5.73 Å². The van der Waals surface area contributed by atoms with Crippen LogP contribution < -0.4 is 16.4 Å². The molecule has 1 aliphatic heterocycles. The maximum absolute atomic E-state index is 12.0. The molecule has 4 N–H and O–H groups in total. The standard InChI is InChI=1S/C12H23N3OS/c13-9-12(3-1-2-4-12)15-11(16)7-10-8-17-6-5-14-10/h10,14H,1-9,13H2,(H,15,16). The van der Waals surface area contributed by atoms with Gasteiger partial charge in [-0.1, -0.05) is 12.8 Å². The molecular weight excluding hydrogens is 234 g/mol. The van der Waals surface area contributed by atoms with E-state index in [0.717, 1.165) is 30.9 Å². The molecule has 0 aromatic heterocycles. The smallest absolute Gasteiger partial charge is 0.222 e. The number of amides is 1. The number of nitrogens with two attached hydrogens (primary N) is 1. The predicted molar refractivity (Wildman–Crippen MR) is 72.1 cm³/mol. The molecule has 1 aliphatic carbocycles. The first-order valence-electron chi connectivity index (χ1n) is 6.56. The summed E-state index contributed by atoms with van der Waals surface area (Å²) in [5.74, 6) is 2.37. The summed E-state index contributed by atoms with van der Waals surface area (Å²) >= 11 is 1.93. The summed E-state index contributed by atoms with van der Waals surface area (Å²) in [6, 6.07) is 0.338. The number of carbonyl (C=O) groups excluding carboxylic acids is 1. The third kappa shape index (κ3) is 3.60. The second kappa shape index (κ2) is 6.07. The summed E-state index contributed by atoms with van der Waals surface area (Å²) in [5.41, 5.74) is 5.72. The van der Waals surface area contributed by atoms with Crippen LogP contribution in [0.25, 0.3) is 0 Å². The SMILES string of the molecule is NCC1(NC(=O)CC2CSCCN2)CCCC1. The Morgan fingerprint density at radius 1 is 1.47 bits per heavy atom. The van der Waals surface area contributed by atoms with Crippen molar-refractivity contribution < 1.29 is 4.79 Å². The largest absolute Gasteiger partial charge is 0.349 e. The van der Waals surface area contributed by atoms with Crippen LogP contribution in [0.15, 0.2) is 0 Å². The summed E-state index contributed by atoms with van der Waals surface area (Å²) in [4.78, 5) is 12.0. The number of rotatable bonds is 4. The van der Waals surface area contributed by atoms with Gasteiger partial charge in [0, 0.05) is 37.1 Å². The summed E-state index contributed by atoms with van der Waals surface area (Å²) in [7, 11) is 0. The minimum absolute atomic E-state index is 0.0983. The molecule has 2 fully saturated rings. The minimum Gasteiger partial charge on any atom is -0.349 e. The van der Waals surface area contributed by atoms with Crippen molar-refractivity contribution in [2.75, 3.05) is 24.6 Å². The monoisotopic (exact) mass is 257 g/mol. The summed E-state index contributed by atoms with van der Waals surface area (Å²) in [5, 5.41) is 6.57. The lowest BCUT2D eigenvalue weighted by molar-refractivity contribution is -0.123. The molecule has 1 saturated carbocycles. The third-order valence-corrected chi connectivity index (χ3v) is 4.92. The van der Waals surface area contributed by atoms with Crippen LogP contribution >= 0.6 is 11.8 Å². The van der Waals surface area contributed by atoms with Crippen LogP contribution in [0.4, 0.5) is 0 Å². The van der Waals surface area contributed by atoms with E-state index in [9.17, 15) is 4.79 Å². The first kappa shape index (κ1) is 13.2. The zero-order valence-electron chi connectivity index (χ0n) is 10.3. The highest BCUT2D eigenvalue weighted by molar-refractivity contribution is 7.99. The Balaban J connectivity index is 1.79. The summed E-state index contributed by atoms with van der Waals surface area (Å²) in [6.07, 6.45) is 5.06. The molecular formula is C12H23N3OS. The van der Waals surface area contributed by atoms with Crippen molar-refractivity contribution in [2.45, 2.75) is 43.7 Å². The van der Waals surface area contributed by atoms with Gasteiger partial charge < -0.3 is 16.4 Å². The van der Waals surface area contributed by atoms with Crippen molar-refractivity contribution in [3.8, 4) is 0 Å². The van der Waals surface area contributed by atoms with Gasteiger partial charge in [-0.3, -0.25) is 4.79 Å². The first-order chi connectivity index (χ1) is 8.24. The molecule has 2 rings (SSSR count). The maximum Gasteiger partial charge on any atom is 0.222 e. The van der Waals surface area contributed by atoms with Crippen LogP contribution in [0.3, 0.4) is 0 Å². The van der Waals surface area contributed by atoms with Gasteiger partial charge >= 0.3 is 0 Å². The Bertz CT molecular complexity index is 260. The molecule has 1 unspecified atom stereocenters. The van der Waals surface area contributed by atoms with Gasteiger partial charge in [-0.05, 0) is 12.8 Å². The molecule has 1 saturated heterocycles. The highest BCUT2D eigenvalue weighted by atomic mass is 32.2. The lowest BCUT2D eigenvalue weighted by Gasteiger charge is -2.30. The number of thioether (sulfide) groups is 1. The second-order valence-electron chi connectivity index (χ2n) is 5.17. The molecule has 0 bridgehead atoms. The van der Waals surface area contributed by atoms with E-state index in [-0.39, 0.29) is 11.4 Å². The van der Waals surface area contributed by atoms with Gasteiger partial charge in [0.25, 0.3) is 0 Å². The van der Waals surface area contributed by atoms with E-state index in [2.05, 4.69) is 10.6 Å². The van der Waals surface area contributed by atoms with Crippen molar-refractivity contribution in [1.29, 1.82) is 0 Å². The molecule has 1 heterocycles. The van der Waals surface area contributed by atoms with Crippen molar-refractivity contribution in [3.63, 3.8) is 0 Å². The Labute approximate surface area is 107 Å². The van der Waals surface area contributed by atoms with E-state index in [1.54, 1.807) is 0 Å². The van der Waals surface area contributed by atoms with Gasteiger partial charge in [-0.15, -0.1) is 0 Å². The van der Waals surface area contributed by atoms with Crippen LogP contribution in [0.1, 0.15) is 32.1 Å². The number of nitrogens with one attached hydrogen (secondary N) is 2. The summed E-state index contributed by atoms with van der Waals surface area (Å²) in [6.45, 7) is 1.59. The highest BCUT2D eigenvalue weighted by Crippen LogP contribution is 2.28. The Hall–Kier alpha value is -0.260. The number of hydrogen-bond donors (Lipinski definition) is 3. The van der Waals surface area contributed by atoms with Gasteiger partial charge in [0.2, 0.25) is 5.91 Å². The van der Waals surface area contributed by atoms with Gasteiger partial charge in [-0.2, -0.15) is 11.8 Å². The molecule has 17 heavy (non-hydrogen) atoms. The molecule has 98 valence electrons. The van der Waals surface area contributed by atoms with Crippen molar-refractivity contribution in [1.82, 2.24) is 10.6 Å². The van der Waals surface area contributed by atoms with Gasteiger partial charge in [0.1, 0.15) is 0 Å². The van der Waals surface area contributed by atoms with Crippen LogP contribution in [0.2, 0.25) is 0 Å². The number of hydrogen-bond acceptors (Lipinski definition) is 4. The average Bonchev–Trinajstić information content (AvgIpc) is 2.79. The maximum atomic E-state index is 12.0. The van der Waals surface area contributed by atoms with Crippen LogP contribution in [-0.4, -0.2) is 42.1 Å². The van der Waals surface area contributed by atoms with E-state index in [0.29, 0.717) is 19.0 Å².